The minimum absolute atomic E-state index is 0.0671. The van der Waals surface area contributed by atoms with E-state index >= 15 is 0 Å². The van der Waals surface area contributed by atoms with Crippen molar-refractivity contribution in [3.05, 3.63) is 0 Å². The van der Waals surface area contributed by atoms with Crippen molar-refractivity contribution in [2.24, 2.45) is 5.92 Å². The highest BCUT2D eigenvalue weighted by Crippen LogP contribution is 2.23. The van der Waals surface area contributed by atoms with E-state index in [0.29, 0.717) is 12.0 Å². The molecule has 0 aromatic carbocycles. The Morgan fingerprint density at radius 1 is 1.23 bits per heavy atom. The van der Waals surface area contributed by atoms with Crippen LogP contribution in [0.4, 0.5) is 0 Å². The van der Waals surface area contributed by atoms with Crippen molar-refractivity contribution in [1.82, 2.24) is 0 Å². The molecule has 0 amide bonds. The fourth-order valence-electron chi connectivity index (χ4n) is 1.89. The van der Waals surface area contributed by atoms with Crippen molar-refractivity contribution in [1.29, 1.82) is 0 Å². The van der Waals surface area contributed by atoms with Crippen LogP contribution in [0.2, 0.25) is 0 Å². The third kappa shape index (κ3) is 3.28. The van der Waals surface area contributed by atoms with Crippen LogP contribution in [0.15, 0.2) is 0 Å². The van der Waals surface area contributed by atoms with Gasteiger partial charge in [0.2, 0.25) is 0 Å². The van der Waals surface area contributed by atoms with Crippen LogP contribution in [-0.4, -0.2) is 23.4 Å². The summed E-state index contributed by atoms with van der Waals surface area (Å²) in [5.41, 5.74) is 0. The summed E-state index contributed by atoms with van der Waals surface area (Å²) in [5.74, 6) is 0.301. The number of aliphatic hydroxyl groups excluding tert-OH is 1. The van der Waals surface area contributed by atoms with Gasteiger partial charge in [-0.25, -0.2) is 0 Å². The summed E-state index contributed by atoms with van der Waals surface area (Å²) in [4.78, 5) is 0. The van der Waals surface area contributed by atoms with Gasteiger partial charge in [0, 0.05) is 0 Å². The summed E-state index contributed by atoms with van der Waals surface area (Å²) >= 11 is 0. The molecule has 0 aromatic heterocycles. The lowest BCUT2D eigenvalue weighted by atomic mass is 9.98. The summed E-state index contributed by atoms with van der Waals surface area (Å²) in [6.45, 7) is 6.19. The maximum absolute atomic E-state index is 9.87. The van der Waals surface area contributed by atoms with Gasteiger partial charge < -0.3 is 9.84 Å². The van der Waals surface area contributed by atoms with E-state index in [0.717, 1.165) is 12.8 Å². The molecule has 1 heterocycles. The molecule has 1 aliphatic heterocycles. The normalized spacial score (nSPS) is 33.0. The predicted octanol–water partition coefficient (Wildman–Crippen LogP) is 2.35. The Bertz CT molecular complexity index is 145. The molecule has 0 spiro atoms. The first-order valence-corrected chi connectivity index (χ1v) is 5.44. The first-order valence-electron chi connectivity index (χ1n) is 5.44. The van der Waals surface area contributed by atoms with E-state index in [1.807, 2.05) is 13.8 Å². The van der Waals surface area contributed by atoms with Crippen molar-refractivity contribution in [2.45, 2.75) is 64.8 Å². The molecule has 0 radical (unpaired) electrons. The standard InChI is InChI=1S/C11H22O2/c1-8(2)11(12)10-7-5-4-6-9(3)13-10/h8-12H,4-7H2,1-3H3/t9-,10-,11+/m1/s1. The zero-order valence-corrected chi connectivity index (χ0v) is 8.99. The molecule has 3 atom stereocenters. The van der Waals surface area contributed by atoms with Gasteiger partial charge in [0.15, 0.2) is 0 Å². The molecular weight excluding hydrogens is 164 g/mol. The Labute approximate surface area is 81.3 Å². The van der Waals surface area contributed by atoms with E-state index in [9.17, 15) is 5.11 Å². The first-order chi connectivity index (χ1) is 6.11. The van der Waals surface area contributed by atoms with Crippen molar-refractivity contribution < 1.29 is 9.84 Å². The molecule has 1 aliphatic rings. The van der Waals surface area contributed by atoms with E-state index in [4.69, 9.17) is 4.74 Å². The molecule has 1 rings (SSSR count). The van der Waals surface area contributed by atoms with Gasteiger partial charge in [0.1, 0.15) is 0 Å². The topological polar surface area (TPSA) is 29.5 Å². The molecule has 1 saturated heterocycles. The molecule has 0 aromatic rings. The average molecular weight is 186 g/mol. The second-order valence-electron chi connectivity index (χ2n) is 4.50. The number of rotatable bonds is 2. The molecule has 2 nitrogen and oxygen atoms in total. The van der Waals surface area contributed by atoms with E-state index in [-0.39, 0.29) is 12.2 Å². The number of hydrogen-bond donors (Lipinski definition) is 1. The van der Waals surface area contributed by atoms with Gasteiger partial charge in [0.25, 0.3) is 0 Å². The third-order valence-corrected chi connectivity index (χ3v) is 2.82. The largest absolute Gasteiger partial charge is 0.390 e. The highest BCUT2D eigenvalue weighted by Gasteiger charge is 2.26. The molecule has 0 saturated carbocycles. The van der Waals surface area contributed by atoms with Crippen LogP contribution in [0, 0.1) is 5.92 Å². The molecule has 1 N–H and O–H groups in total. The Balaban J connectivity index is 2.47. The van der Waals surface area contributed by atoms with E-state index < -0.39 is 0 Å². The van der Waals surface area contributed by atoms with Crippen LogP contribution in [0.3, 0.4) is 0 Å². The fraction of sp³-hybridized carbons (Fsp3) is 1.00. The summed E-state index contributed by atoms with van der Waals surface area (Å²) in [7, 11) is 0. The second-order valence-corrected chi connectivity index (χ2v) is 4.50. The number of ether oxygens (including phenoxy) is 1. The van der Waals surface area contributed by atoms with Crippen LogP contribution in [0.5, 0.6) is 0 Å². The van der Waals surface area contributed by atoms with E-state index in [2.05, 4.69) is 6.92 Å². The van der Waals surface area contributed by atoms with Crippen LogP contribution >= 0.6 is 0 Å². The molecule has 2 heteroatoms. The van der Waals surface area contributed by atoms with Gasteiger partial charge >= 0.3 is 0 Å². The van der Waals surface area contributed by atoms with Crippen molar-refractivity contribution in [3.8, 4) is 0 Å². The summed E-state index contributed by atoms with van der Waals surface area (Å²) in [6.07, 6.45) is 4.69. The zero-order valence-electron chi connectivity index (χ0n) is 8.99. The average Bonchev–Trinajstić information content (AvgIpc) is 2.28. The molecule has 0 unspecified atom stereocenters. The van der Waals surface area contributed by atoms with Crippen LogP contribution in [-0.2, 0) is 4.74 Å². The zero-order chi connectivity index (χ0) is 9.84. The third-order valence-electron chi connectivity index (χ3n) is 2.82. The van der Waals surface area contributed by atoms with Crippen LogP contribution in [0.25, 0.3) is 0 Å². The van der Waals surface area contributed by atoms with Crippen LogP contribution < -0.4 is 0 Å². The summed E-state index contributed by atoms with van der Waals surface area (Å²) < 4.78 is 5.78. The maximum Gasteiger partial charge on any atom is 0.0840 e. The molecular formula is C11H22O2. The van der Waals surface area contributed by atoms with Gasteiger partial charge in [-0.05, 0) is 25.7 Å². The number of hydrogen-bond acceptors (Lipinski definition) is 2. The Kier molecular flexibility index (Phi) is 4.20. The second kappa shape index (κ2) is 4.97. The van der Waals surface area contributed by atoms with Gasteiger partial charge in [-0.15, -0.1) is 0 Å². The minimum Gasteiger partial charge on any atom is -0.390 e. The SMILES string of the molecule is CC(C)[C@H](O)[C@H]1CCCC[C@@H](C)O1. The van der Waals surface area contributed by atoms with Crippen molar-refractivity contribution >= 4 is 0 Å². The maximum atomic E-state index is 9.87. The molecule has 78 valence electrons. The lowest BCUT2D eigenvalue weighted by Crippen LogP contribution is -2.34. The summed E-state index contributed by atoms with van der Waals surface area (Å²) in [5, 5.41) is 9.87. The fourth-order valence-corrected chi connectivity index (χ4v) is 1.89. The van der Waals surface area contributed by atoms with Gasteiger partial charge in [-0.3, -0.25) is 0 Å². The Morgan fingerprint density at radius 2 is 1.85 bits per heavy atom. The monoisotopic (exact) mass is 186 g/mol. The van der Waals surface area contributed by atoms with Gasteiger partial charge in [-0.1, -0.05) is 26.7 Å². The Morgan fingerprint density at radius 3 is 2.46 bits per heavy atom. The van der Waals surface area contributed by atoms with Crippen molar-refractivity contribution in [3.63, 3.8) is 0 Å². The van der Waals surface area contributed by atoms with E-state index in [1.54, 1.807) is 0 Å². The smallest absolute Gasteiger partial charge is 0.0840 e. The number of aliphatic hydroxyl groups is 1. The molecule has 0 aliphatic carbocycles. The highest BCUT2D eigenvalue weighted by atomic mass is 16.5. The molecule has 1 fully saturated rings. The quantitative estimate of drug-likeness (QED) is 0.717. The lowest BCUT2D eigenvalue weighted by Gasteiger charge is -2.26. The van der Waals surface area contributed by atoms with E-state index in [1.165, 1.54) is 12.8 Å². The van der Waals surface area contributed by atoms with Gasteiger partial charge in [-0.2, -0.15) is 0 Å². The molecule has 13 heavy (non-hydrogen) atoms. The predicted molar refractivity (Wildman–Crippen MR) is 53.6 cm³/mol. The minimum atomic E-state index is -0.291. The Hall–Kier alpha value is -0.0800. The summed E-state index contributed by atoms with van der Waals surface area (Å²) in [6, 6.07) is 0. The first kappa shape index (κ1) is 11.0. The van der Waals surface area contributed by atoms with Crippen molar-refractivity contribution in [2.75, 3.05) is 0 Å². The van der Waals surface area contributed by atoms with Gasteiger partial charge in [0.05, 0.1) is 18.3 Å². The molecule has 0 bridgehead atoms. The van der Waals surface area contributed by atoms with Crippen LogP contribution in [0.1, 0.15) is 46.5 Å². The highest BCUT2D eigenvalue weighted by molar-refractivity contribution is 4.75. The lowest BCUT2D eigenvalue weighted by molar-refractivity contribution is -0.0823.